The number of nitrogens with zero attached hydrogens (tertiary/aromatic N) is 4. The molecule has 1 fully saturated rings. The van der Waals surface area contributed by atoms with E-state index in [1.807, 2.05) is 6.92 Å². The summed E-state index contributed by atoms with van der Waals surface area (Å²) in [7, 11) is 0. The lowest BCUT2D eigenvalue weighted by Crippen LogP contribution is -2.35. The number of piperidine rings is 1. The molecule has 1 aliphatic heterocycles. The van der Waals surface area contributed by atoms with Gasteiger partial charge in [0.05, 0.1) is 21.7 Å². The van der Waals surface area contributed by atoms with Crippen molar-refractivity contribution >= 4 is 22.4 Å². The number of hydrogen-bond donors (Lipinski definition) is 0. The molecule has 0 aliphatic carbocycles. The van der Waals surface area contributed by atoms with Crippen molar-refractivity contribution < 1.29 is 13.2 Å². The molecule has 1 aromatic carbocycles. The number of likely N-dealkylation sites (tertiary alicyclic amines) is 1. The van der Waals surface area contributed by atoms with E-state index in [9.17, 15) is 13.2 Å². The summed E-state index contributed by atoms with van der Waals surface area (Å²) in [5.41, 5.74) is 2.04. The second-order valence-corrected chi connectivity index (χ2v) is 8.17. The molecule has 0 spiro atoms. The largest absolute Gasteiger partial charge is 0.449 e. The summed E-state index contributed by atoms with van der Waals surface area (Å²) < 4.78 is 41.7. The van der Waals surface area contributed by atoms with Crippen LogP contribution < -0.4 is 0 Å². The number of aromatic nitrogens is 3. The molecule has 4 nitrogen and oxygen atoms in total. The van der Waals surface area contributed by atoms with Gasteiger partial charge in [0, 0.05) is 18.5 Å². The molecular weight excluding hydrogens is 373 g/mol. The van der Waals surface area contributed by atoms with E-state index in [0.717, 1.165) is 43.2 Å². The molecule has 0 unspecified atom stereocenters. The molecule has 27 heavy (non-hydrogen) atoms. The summed E-state index contributed by atoms with van der Waals surface area (Å²) in [5.74, 6) is -0.568. The van der Waals surface area contributed by atoms with Gasteiger partial charge in [-0.3, -0.25) is 4.90 Å². The zero-order valence-electron chi connectivity index (χ0n) is 15.0. The SMILES string of the molecule is Cc1nc(CN2CCC(Cn3c(C(F)(F)F)nc4ccccc43)CC2)cs1. The fourth-order valence-corrected chi connectivity index (χ4v) is 4.38. The van der Waals surface area contributed by atoms with Gasteiger partial charge in [-0.2, -0.15) is 13.2 Å². The molecule has 1 saturated heterocycles. The number of rotatable bonds is 4. The first-order chi connectivity index (χ1) is 12.9. The van der Waals surface area contributed by atoms with Gasteiger partial charge in [0.1, 0.15) is 0 Å². The highest BCUT2D eigenvalue weighted by atomic mass is 32.1. The highest BCUT2D eigenvalue weighted by Gasteiger charge is 2.38. The topological polar surface area (TPSA) is 34.0 Å². The van der Waals surface area contributed by atoms with Crippen LogP contribution in [-0.2, 0) is 19.3 Å². The number of hydrogen-bond acceptors (Lipinski definition) is 4. The minimum absolute atomic E-state index is 0.220. The third kappa shape index (κ3) is 4.01. The monoisotopic (exact) mass is 394 g/mol. The summed E-state index contributed by atoms with van der Waals surface area (Å²) >= 11 is 1.65. The lowest BCUT2D eigenvalue weighted by molar-refractivity contribution is -0.147. The second-order valence-electron chi connectivity index (χ2n) is 7.11. The fourth-order valence-electron chi connectivity index (χ4n) is 3.77. The zero-order valence-corrected chi connectivity index (χ0v) is 15.9. The molecular formula is C19H21F3N4S. The molecule has 0 bridgehead atoms. The van der Waals surface area contributed by atoms with Crippen molar-refractivity contribution in [3.05, 3.63) is 46.2 Å². The van der Waals surface area contributed by atoms with Crippen LogP contribution in [0, 0.1) is 12.8 Å². The maximum atomic E-state index is 13.4. The van der Waals surface area contributed by atoms with Gasteiger partial charge in [-0.25, -0.2) is 9.97 Å². The number of para-hydroxylation sites is 2. The molecule has 144 valence electrons. The molecule has 2 aromatic heterocycles. The Morgan fingerprint density at radius 2 is 1.89 bits per heavy atom. The number of halogens is 3. The Kier molecular flexibility index (Phi) is 4.94. The minimum atomic E-state index is -4.44. The molecule has 4 rings (SSSR count). The Morgan fingerprint density at radius 1 is 1.15 bits per heavy atom. The first kappa shape index (κ1) is 18.4. The van der Waals surface area contributed by atoms with Gasteiger partial charge in [-0.05, 0) is 50.9 Å². The van der Waals surface area contributed by atoms with E-state index < -0.39 is 12.0 Å². The molecule has 3 aromatic rings. The zero-order chi connectivity index (χ0) is 19.0. The number of alkyl halides is 3. The second kappa shape index (κ2) is 7.24. The Balaban J connectivity index is 1.46. The van der Waals surface area contributed by atoms with Crippen LogP contribution in [0.4, 0.5) is 13.2 Å². The molecule has 0 atom stereocenters. The Labute approximate surface area is 159 Å². The van der Waals surface area contributed by atoms with E-state index in [0.29, 0.717) is 17.6 Å². The lowest BCUT2D eigenvalue weighted by atomic mass is 9.96. The van der Waals surface area contributed by atoms with Gasteiger partial charge in [0.15, 0.2) is 0 Å². The standard InChI is InChI=1S/C19H21F3N4S/c1-13-23-15(12-27-13)11-25-8-6-14(7-9-25)10-26-17-5-3-2-4-16(17)24-18(26)19(20,21)22/h2-5,12,14H,6-11H2,1H3. The first-order valence-corrected chi connectivity index (χ1v) is 9.94. The van der Waals surface area contributed by atoms with Gasteiger partial charge in [0.2, 0.25) is 5.82 Å². The maximum absolute atomic E-state index is 13.4. The van der Waals surface area contributed by atoms with Crippen LogP contribution >= 0.6 is 11.3 Å². The number of benzene rings is 1. The van der Waals surface area contributed by atoms with Crippen LogP contribution in [-0.4, -0.2) is 32.5 Å². The van der Waals surface area contributed by atoms with E-state index in [-0.39, 0.29) is 5.92 Å². The minimum Gasteiger partial charge on any atom is -0.320 e. The van der Waals surface area contributed by atoms with Crippen LogP contribution in [0.5, 0.6) is 0 Å². The molecule has 1 aliphatic rings. The van der Waals surface area contributed by atoms with E-state index in [4.69, 9.17) is 0 Å². The Bertz CT molecular complexity index is 923. The quantitative estimate of drug-likeness (QED) is 0.641. The van der Waals surface area contributed by atoms with E-state index in [2.05, 4.69) is 20.2 Å². The summed E-state index contributed by atoms with van der Waals surface area (Å²) in [6, 6.07) is 6.84. The van der Waals surface area contributed by atoms with E-state index >= 15 is 0 Å². The summed E-state index contributed by atoms with van der Waals surface area (Å²) in [4.78, 5) is 10.7. The summed E-state index contributed by atoms with van der Waals surface area (Å²) in [5, 5.41) is 3.14. The summed E-state index contributed by atoms with van der Waals surface area (Å²) in [6.45, 7) is 4.94. The van der Waals surface area contributed by atoms with Crippen molar-refractivity contribution in [3.63, 3.8) is 0 Å². The lowest BCUT2D eigenvalue weighted by Gasteiger charge is -2.32. The van der Waals surface area contributed by atoms with Gasteiger partial charge in [-0.15, -0.1) is 11.3 Å². The van der Waals surface area contributed by atoms with Crippen molar-refractivity contribution in [3.8, 4) is 0 Å². The molecule has 0 radical (unpaired) electrons. The predicted octanol–water partition coefficient (Wildman–Crippen LogP) is 4.73. The summed E-state index contributed by atoms with van der Waals surface area (Å²) in [6.07, 6.45) is -2.68. The molecule has 0 N–H and O–H groups in total. The number of imidazole rings is 1. The number of aryl methyl sites for hydroxylation is 1. The van der Waals surface area contributed by atoms with Crippen LogP contribution in [0.1, 0.15) is 29.4 Å². The van der Waals surface area contributed by atoms with Crippen molar-refractivity contribution in [2.75, 3.05) is 13.1 Å². The third-order valence-electron chi connectivity index (χ3n) is 5.11. The molecule has 3 heterocycles. The van der Waals surface area contributed by atoms with Crippen LogP contribution in [0.15, 0.2) is 29.6 Å². The molecule has 0 amide bonds. The maximum Gasteiger partial charge on any atom is 0.449 e. The number of fused-ring (bicyclic) bond motifs is 1. The van der Waals surface area contributed by atoms with Crippen molar-refractivity contribution in [2.45, 2.75) is 39.0 Å². The average Bonchev–Trinajstić information content (AvgIpc) is 3.20. The van der Waals surface area contributed by atoms with Gasteiger partial charge >= 0.3 is 6.18 Å². The van der Waals surface area contributed by atoms with Crippen LogP contribution in [0.3, 0.4) is 0 Å². The Morgan fingerprint density at radius 3 is 2.56 bits per heavy atom. The van der Waals surface area contributed by atoms with Gasteiger partial charge in [0.25, 0.3) is 0 Å². The van der Waals surface area contributed by atoms with Crippen LogP contribution in [0.25, 0.3) is 11.0 Å². The highest BCUT2D eigenvalue weighted by Crippen LogP contribution is 2.33. The van der Waals surface area contributed by atoms with Crippen LogP contribution in [0.2, 0.25) is 0 Å². The smallest absolute Gasteiger partial charge is 0.320 e. The normalized spacial score (nSPS) is 17.0. The predicted molar refractivity (Wildman–Crippen MR) is 99.6 cm³/mol. The fraction of sp³-hybridized carbons (Fsp3) is 0.474. The molecule has 8 heteroatoms. The van der Waals surface area contributed by atoms with E-state index in [1.54, 1.807) is 35.6 Å². The highest BCUT2D eigenvalue weighted by molar-refractivity contribution is 7.09. The van der Waals surface area contributed by atoms with E-state index in [1.165, 1.54) is 4.57 Å². The third-order valence-corrected chi connectivity index (χ3v) is 5.93. The van der Waals surface area contributed by atoms with Gasteiger partial charge < -0.3 is 4.57 Å². The average molecular weight is 394 g/mol. The number of thiazole rings is 1. The Hall–Kier alpha value is -1.93. The first-order valence-electron chi connectivity index (χ1n) is 9.06. The van der Waals surface area contributed by atoms with Crippen molar-refractivity contribution in [1.29, 1.82) is 0 Å². The molecule has 0 saturated carbocycles. The van der Waals surface area contributed by atoms with Crippen molar-refractivity contribution in [2.24, 2.45) is 5.92 Å². The van der Waals surface area contributed by atoms with Crippen molar-refractivity contribution in [1.82, 2.24) is 19.4 Å². The van der Waals surface area contributed by atoms with Gasteiger partial charge in [-0.1, -0.05) is 12.1 Å².